The third-order valence-electron chi connectivity index (χ3n) is 1.57. The molecule has 0 heterocycles. The average Bonchev–Trinajstić information content (AvgIpc) is 2.16. The molecule has 0 radical (unpaired) electrons. The van der Waals surface area contributed by atoms with Crippen molar-refractivity contribution in [3.63, 3.8) is 0 Å². The molecule has 0 aliphatic carbocycles. The van der Waals surface area contributed by atoms with E-state index in [1.165, 1.54) is 16.7 Å². The van der Waals surface area contributed by atoms with E-state index in [1.54, 1.807) is 0 Å². The van der Waals surface area contributed by atoms with Crippen LogP contribution in [-0.2, 0) is 0 Å². The summed E-state index contributed by atoms with van der Waals surface area (Å²) in [4.78, 5) is 1.33. The van der Waals surface area contributed by atoms with E-state index in [9.17, 15) is 0 Å². The summed E-state index contributed by atoms with van der Waals surface area (Å²) in [6.45, 7) is 1.72. The first-order chi connectivity index (χ1) is 6.65. The second kappa shape index (κ2) is 7.25. The molecule has 0 aromatic carbocycles. The van der Waals surface area contributed by atoms with Crippen molar-refractivity contribution in [3.05, 3.63) is 10.6 Å². The Labute approximate surface area is 89.2 Å². The molecule has 0 bridgehead atoms. The van der Waals surface area contributed by atoms with Crippen molar-refractivity contribution in [2.24, 2.45) is 0 Å². The van der Waals surface area contributed by atoms with Crippen molar-refractivity contribution in [2.75, 3.05) is 33.4 Å². The number of nitrogens with one attached hydrogen (secondary N) is 2. The fourth-order valence-corrected chi connectivity index (χ4v) is 1.36. The number of hydrogen-bond acceptors (Lipinski definition) is 4. The van der Waals surface area contributed by atoms with E-state index in [1.807, 2.05) is 18.4 Å². The van der Waals surface area contributed by atoms with Crippen molar-refractivity contribution in [1.29, 1.82) is 10.5 Å². The van der Waals surface area contributed by atoms with Gasteiger partial charge in [-0.05, 0) is 6.26 Å². The van der Waals surface area contributed by atoms with Gasteiger partial charge < -0.3 is 10.2 Å². The molecule has 2 N–H and O–H groups in total. The van der Waals surface area contributed by atoms with Crippen LogP contribution in [0, 0.1) is 22.7 Å². The van der Waals surface area contributed by atoms with Gasteiger partial charge in [0.05, 0.1) is 32.2 Å². The first-order valence-corrected chi connectivity index (χ1v) is 5.49. The highest BCUT2D eigenvalue weighted by atomic mass is 32.2. The highest BCUT2D eigenvalue weighted by Crippen LogP contribution is 2.11. The number of allylic oxidation sites excluding steroid dienone is 1. The molecule has 0 unspecified atom stereocenters. The van der Waals surface area contributed by atoms with Crippen LogP contribution in [0.5, 0.6) is 0 Å². The molecule has 76 valence electrons. The first kappa shape index (κ1) is 12.8. The minimum absolute atomic E-state index is 0.159. The molecule has 4 nitrogen and oxygen atoms in total. The van der Waals surface area contributed by atoms with E-state index in [2.05, 4.69) is 19.4 Å². The van der Waals surface area contributed by atoms with Gasteiger partial charge in [-0.3, -0.25) is 0 Å². The van der Waals surface area contributed by atoms with Gasteiger partial charge in [0.15, 0.2) is 5.57 Å². The van der Waals surface area contributed by atoms with Gasteiger partial charge in [-0.25, -0.2) is 0 Å². The normalized spacial score (nSPS) is 9.00. The van der Waals surface area contributed by atoms with Crippen LogP contribution in [0.25, 0.3) is 0 Å². The number of hydrogen-bond donors (Lipinski definition) is 2. The topological polar surface area (TPSA) is 64.0 Å². The number of likely N-dealkylation sites (N-methyl/N-ethyl adjacent to an activating group) is 1. The van der Waals surface area contributed by atoms with E-state index in [0.717, 1.165) is 13.1 Å². The molecular weight excluding hydrogens is 196 g/mol. The lowest BCUT2D eigenvalue weighted by Gasteiger charge is -2.10. The predicted octanol–water partition coefficient (Wildman–Crippen LogP) is -0.658. The Morgan fingerprint density at radius 1 is 1.36 bits per heavy atom. The zero-order valence-corrected chi connectivity index (χ0v) is 9.53. The van der Waals surface area contributed by atoms with E-state index in [0.29, 0.717) is 5.03 Å². The molecule has 14 heavy (non-hydrogen) atoms. The second-order valence-corrected chi connectivity index (χ2v) is 3.83. The quantitative estimate of drug-likeness (QED) is 0.593. The summed E-state index contributed by atoms with van der Waals surface area (Å²) in [7, 11) is 4.11. The maximum Gasteiger partial charge on any atom is 0.159 e. The molecule has 0 spiro atoms. The Hall–Kier alpha value is -1.17. The molecule has 0 rings (SSSR count). The zero-order chi connectivity index (χ0) is 11.0. The number of nitriles is 2. The monoisotopic (exact) mass is 211 g/mol. The zero-order valence-electron chi connectivity index (χ0n) is 8.72. The molecule has 5 heteroatoms. The Morgan fingerprint density at radius 2 is 1.93 bits per heavy atom. The van der Waals surface area contributed by atoms with Crippen LogP contribution in [0.2, 0.25) is 0 Å². The molecule has 0 saturated heterocycles. The Morgan fingerprint density at radius 3 is 2.29 bits per heavy atom. The Kier molecular flexibility index (Phi) is 6.65. The van der Waals surface area contributed by atoms with E-state index in [-0.39, 0.29) is 5.57 Å². The third-order valence-corrected chi connectivity index (χ3v) is 2.32. The van der Waals surface area contributed by atoms with Crippen molar-refractivity contribution in [1.82, 2.24) is 5.32 Å². The maximum atomic E-state index is 8.65. The van der Waals surface area contributed by atoms with Gasteiger partial charge in [-0.15, -0.1) is 11.8 Å². The largest absolute Gasteiger partial charge is 0.373 e. The van der Waals surface area contributed by atoms with Crippen LogP contribution in [0.3, 0.4) is 0 Å². The van der Waals surface area contributed by atoms with Crippen LogP contribution >= 0.6 is 11.8 Å². The smallest absolute Gasteiger partial charge is 0.159 e. The summed E-state index contributed by atoms with van der Waals surface area (Å²) in [5.41, 5.74) is 0.159. The Bertz CT molecular complexity index is 266. The van der Waals surface area contributed by atoms with Crippen LogP contribution in [0.15, 0.2) is 10.6 Å². The first-order valence-electron chi connectivity index (χ1n) is 4.27. The number of thioether (sulfide) groups is 1. The fraction of sp³-hybridized carbons (Fsp3) is 0.556. The molecule has 0 atom stereocenters. The SMILES string of the molecule is CSC(NCC[NH+](C)C)=C(C#N)C#N. The third kappa shape index (κ3) is 4.76. The van der Waals surface area contributed by atoms with Gasteiger partial charge in [0.1, 0.15) is 12.1 Å². The van der Waals surface area contributed by atoms with Gasteiger partial charge in [-0.1, -0.05) is 0 Å². The highest BCUT2D eigenvalue weighted by molar-refractivity contribution is 8.02. The number of nitrogens with zero attached hydrogens (tertiary/aromatic N) is 2. The van der Waals surface area contributed by atoms with Crippen molar-refractivity contribution >= 4 is 11.8 Å². The molecule has 0 amide bonds. The van der Waals surface area contributed by atoms with Gasteiger partial charge >= 0.3 is 0 Å². The van der Waals surface area contributed by atoms with Gasteiger partial charge in [-0.2, -0.15) is 10.5 Å². The molecular formula is C9H15N4S+. The maximum absolute atomic E-state index is 8.65. The van der Waals surface area contributed by atoms with Crippen molar-refractivity contribution in [2.45, 2.75) is 0 Å². The molecule has 0 saturated carbocycles. The molecule has 0 fully saturated rings. The lowest BCUT2D eigenvalue weighted by molar-refractivity contribution is -0.856. The van der Waals surface area contributed by atoms with Crippen LogP contribution < -0.4 is 10.2 Å². The summed E-state index contributed by atoms with van der Waals surface area (Å²) in [6, 6.07) is 3.74. The van der Waals surface area contributed by atoms with Gasteiger partial charge in [0.25, 0.3) is 0 Å². The number of quaternary nitrogens is 1. The van der Waals surface area contributed by atoms with E-state index < -0.39 is 0 Å². The summed E-state index contributed by atoms with van der Waals surface area (Å²) in [6.07, 6.45) is 1.85. The van der Waals surface area contributed by atoms with E-state index in [4.69, 9.17) is 10.5 Å². The highest BCUT2D eigenvalue weighted by Gasteiger charge is 2.04. The summed E-state index contributed by atoms with van der Waals surface area (Å²) < 4.78 is 0. The minimum atomic E-state index is 0.159. The standard InChI is InChI=1S/C9H14N4S/c1-13(2)5-4-12-9(14-3)8(6-10)7-11/h12H,4-5H2,1-3H3/p+1. The molecule has 0 aromatic rings. The lowest BCUT2D eigenvalue weighted by atomic mass is 10.3. The van der Waals surface area contributed by atoms with E-state index >= 15 is 0 Å². The summed E-state index contributed by atoms with van der Waals surface area (Å²) in [5, 5.41) is 21.0. The average molecular weight is 211 g/mol. The van der Waals surface area contributed by atoms with Crippen LogP contribution in [-0.4, -0.2) is 33.4 Å². The van der Waals surface area contributed by atoms with Gasteiger partial charge in [0.2, 0.25) is 0 Å². The fourth-order valence-electron chi connectivity index (χ4n) is 0.815. The van der Waals surface area contributed by atoms with Crippen LogP contribution in [0.1, 0.15) is 0 Å². The molecule has 0 aliphatic heterocycles. The lowest BCUT2D eigenvalue weighted by Crippen LogP contribution is -3.06. The van der Waals surface area contributed by atoms with Gasteiger partial charge in [0, 0.05) is 0 Å². The van der Waals surface area contributed by atoms with Crippen LogP contribution in [0.4, 0.5) is 0 Å². The predicted molar refractivity (Wildman–Crippen MR) is 57.4 cm³/mol. The van der Waals surface area contributed by atoms with Crippen molar-refractivity contribution < 1.29 is 4.90 Å². The Balaban J connectivity index is 4.25. The minimum Gasteiger partial charge on any atom is -0.373 e. The molecule has 0 aliphatic rings. The van der Waals surface area contributed by atoms with Crippen molar-refractivity contribution in [3.8, 4) is 12.1 Å². The second-order valence-electron chi connectivity index (χ2n) is 3.02. The number of rotatable bonds is 5. The molecule has 0 aromatic heterocycles. The summed E-state index contributed by atoms with van der Waals surface area (Å²) in [5.74, 6) is 0. The summed E-state index contributed by atoms with van der Waals surface area (Å²) >= 11 is 1.39.